The molecule has 0 aliphatic heterocycles. The molecule has 2 aromatic carbocycles. The second-order valence-corrected chi connectivity index (χ2v) is 10.3. The van der Waals surface area contributed by atoms with Gasteiger partial charge in [0.25, 0.3) is 11.1 Å². The molecule has 1 heterocycles. The first kappa shape index (κ1) is 26.7. The van der Waals surface area contributed by atoms with E-state index >= 15 is 0 Å². The quantitative estimate of drug-likeness (QED) is 0.237. The Labute approximate surface area is 213 Å². The predicted molar refractivity (Wildman–Crippen MR) is 135 cm³/mol. The summed E-state index contributed by atoms with van der Waals surface area (Å²) in [5, 5.41) is 11.4. The van der Waals surface area contributed by atoms with Crippen LogP contribution in [0.25, 0.3) is 6.08 Å². The number of nitriles is 1. The van der Waals surface area contributed by atoms with E-state index in [9.17, 15) is 18.5 Å². The van der Waals surface area contributed by atoms with Crippen molar-refractivity contribution in [2.24, 2.45) is 0 Å². The smallest absolute Gasteiger partial charge is 0.268 e. The van der Waals surface area contributed by atoms with Crippen LogP contribution in [0.5, 0.6) is 17.2 Å². The molecule has 0 atom stereocenters. The van der Waals surface area contributed by atoms with Gasteiger partial charge in [0.2, 0.25) is 15.0 Å². The first-order valence-electron chi connectivity index (χ1n) is 10.6. The standard InChI is InChI=1S/C24H24N4O6S2/c1-15-5-7-19(16(2)11-15)33-9-10-34-20-8-6-17(13-21(20)32-3)12-18(14-25)22(29)26-23-27-24(28-35-23)36(4,30)31/h5-8,11-13H,9-10H2,1-4H3,(H,26,27,28,29). The van der Waals surface area contributed by atoms with Crippen LogP contribution in [-0.4, -0.2) is 50.3 Å². The van der Waals surface area contributed by atoms with Crippen LogP contribution in [0.3, 0.4) is 0 Å². The lowest BCUT2D eigenvalue weighted by molar-refractivity contribution is -0.112. The Bertz CT molecular complexity index is 1440. The fourth-order valence-corrected chi connectivity index (χ4v) is 4.49. The molecule has 12 heteroatoms. The van der Waals surface area contributed by atoms with Crippen molar-refractivity contribution >= 4 is 38.5 Å². The second-order valence-electron chi connectivity index (χ2n) is 7.65. The summed E-state index contributed by atoms with van der Waals surface area (Å²) in [4.78, 5) is 16.2. The van der Waals surface area contributed by atoms with Crippen molar-refractivity contribution in [2.75, 3.05) is 31.9 Å². The molecule has 3 rings (SSSR count). The van der Waals surface area contributed by atoms with Gasteiger partial charge in [0, 0.05) is 17.8 Å². The predicted octanol–water partition coefficient (Wildman–Crippen LogP) is 3.57. The van der Waals surface area contributed by atoms with E-state index in [4.69, 9.17) is 14.2 Å². The number of hydrogen-bond donors (Lipinski definition) is 1. The second kappa shape index (κ2) is 11.7. The summed E-state index contributed by atoms with van der Waals surface area (Å²) < 4.78 is 43.6. The van der Waals surface area contributed by atoms with Gasteiger partial charge in [-0.25, -0.2) is 8.42 Å². The van der Waals surface area contributed by atoms with E-state index in [0.29, 0.717) is 35.2 Å². The molecule has 0 aliphatic carbocycles. The molecule has 1 aromatic heterocycles. The average molecular weight is 529 g/mol. The average Bonchev–Trinajstić information content (AvgIpc) is 3.31. The molecule has 36 heavy (non-hydrogen) atoms. The first-order chi connectivity index (χ1) is 17.1. The highest BCUT2D eigenvalue weighted by Crippen LogP contribution is 2.29. The minimum absolute atomic E-state index is 0.0362. The maximum absolute atomic E-state index is 12.5. The molecule has 0 saturated carbocycles. The number of aryl methyl sites for hydroxylation is 2. The van der Waals surface area contributed by atoms with E-state index in [2.05, 4.69) is 14.7 Å². The number of rotatable bonds is 10. The van der Waals surface area contributed by atoms with E-state index in [1.54, 1.807) is 18.2 Å². The van der Waals surface area contributed by atoms with Crippen molar-refractivity contribution in [3.05, 3.63) is 58.7 Å². The number of methoxy groups -OCH3 is 1. The van der Waals surface area contributed by atoms with Crippen LogP contribution in [0.15, 0.2) is 47.1 Å². The van der Waals surface area contributed by atoms with Crippen LogP contribution in [0.2, 0.25) is 0 Å². The third kappa shape index (κ3) is 7.03. The summed E-state index contributed by atoms with van der Waals surface area (Å²) in [7, 11) is -2.13. The molecule has 0 aliphatic rings. The summed E-state index contributed by atoms with van der Waals surface area (Å²) in [6, 6.07) is 12.7. The first-order valence-corrected chi connectivity index (χ1v) is 13.2. The Morgan fingerprint density at radius 2 is 1.81 bits per heavy atom. The van der Waals surface area contributed by atoms with Gasteiger partial charge in [0.1, 0.15) is 30.6 Å². The summed E-state index contributed by atoms with van der Waals surface area (Å²) in [6.45, 7) is 4.61. The van der Waals surface area contributed by atoms with Crippen molar-refractivity contribution in [3.63, 3.8) is 0 Å². The summed E-state index contributed by atoms with van der Waals surface area (Å²) >= 11 is 0.701. The highest BCUT2D eigenvalue weighted by Gasteiger charge is 2.17. The number of hydrogen-bond acceptors (Lipinski definition) is 10. The van der Waals surface area contributed by atoms with Crippen LogP contribution < -0.4 is 19.5 Å². The molecule has 0 radical (unpaired) electrons. The van der Waals surface area contributed by atoms with Gasteiger partial charge in [-0.3, -0.25) is 10.1 Å². The van der Waals surface area contributed by atoms with Gasteiger partial charge < -0.3 is 14.2 Å². The third-order valence-corrected chi connectivity index (χ3v) is 6.34. The molecule has 0 unspecified atom stereocenters. The Morgan fingerprint density at radius 1 is 1.11 bits per heavy atom. The third-order valence-electron chi connectivity index (χ3n) is 4.75. The van der Waals surface area contributed by atoms with Gasteiger partial charge in [-0.2, -0.15) is 14.6 Å². The van der Waals surface area contributed by atoms with Crippen LogP contribution in [0.4, 0.5) is 5.13 Å². The monoisotopic (exact) mass is 528 g/mol. The lowest BCUT2D eigenvalue weighted by Gasteiger charge is -2.13. The Morgan fingerprint density at radius 3 is 2.42 bits per heavy atom. The van der Waals surface area contributed by atoms with Gasteiger partial charge in [-0.1, -0.05) is 23.8 Å². The minimum atomic E-state index is -3.61. The number of amides is 1. The topological polar surface area (TPSA) is 140 Å². The maximum atomic E-state index is 12.5. The Balaban J connectivity index is 1.64. The summed E-state index contributed by atoms with van der Waals surface area (Å²) in [6.07, 6.45) is 2.32. The normalized spacial score (nSPS) is 11.5. The fraction of sp³-hybridized carbons (Fsp3) is 0.250. The van der Waals surface area contributed by atoms with Crippen molar-refractivity contribution < 1.29 is 27.4 Å². The summed E-state index contributed by atoms with van der Waals surface area (Å²) in [5.74, 6) is 0.926. The Kier molecular flexibility index (Phi) is 8.63. The van der Waals surface area contributed by atoms with E-state index in [1.807, 2.05) is 38.1 Å². The SMILES string of the molecule is COc1cc(C=C(C#N)C(=O)Nc2nc(S(C)(=O)=O)ns2)ccc1OCCOc1ccc(C)cc1C. The van der Waals surface area contributed by atoms with Crippen LogP contribution in [-0.2, 0) is 14.6 Å². The molecule has 10 nitrogen and oxygen atoms in total. The molecule has 0 spiro atoms. The van der Waals surface area contributed by atoms with Crippen molar-refractivity contribution in [1.29, 1.82) is 5.26 Å². The lowest BCUT2D eigenvalue weighted by atomic mass is 10.1. The van der Waals surface area contributed by atoms with Gasteiger partial charge in [0.05, 0.1) is 7.11 Å². The number of carbonyl (C=O) groups is 1. The largest absolute Gasteiger partial charge is 0.493 e. The molecule has 0 bridgehead atoms. The molecule has 0 fully saturated rings. The molecule has 1 N–H and O–H groups in total. The van der Waals surface area contributed by atoms with E-state index in [0.717, 1.165) is 23.1 Å². The molecule has 1 amide bonds. The van der Waals surface area contributed by atoms with E-state index < -0.39 is 20.9 Å². The van der Waals surface area contributed by atoms with Crippen molar-refractivity contribution in [3.8, 4) is 23.3 Å². The molecular formula is C24H24N4O6S2. The maximum Gasteiger partial charge on any atom is 0.268 e. The van der Waals surface area contributed by atoms with Gasteiger partial charge in [0.15, 0.2) is 11.5 Å². The number of nitrogens with one attached hydrogen (secondary N) is 1. The van der Waals surface area contributed by atoms with Gasteiger partial charge in [-0.05, 0) is 49.2 Å². The zero-order valence-electron chi connectivity index (χ0n) is 20.1. The van der Waals surface area contributed by atoms with E-state index in [-0.39, 0.29) is 17.3 Å². The molecule has 0 saturated heterocycles. The number of sulfone groups is 1. The molecule has 188 valence electrons. The zero-order chi connectivity index (χ0) is 26.3. The zero-order valence-corrected chi connectivity index (χ0v) is 21.7. The number of carbonyl (C=O) groups excluding carboxylic acids is 1. The molecule has 3 aromatic rings. The van der Waals surface area contributed by atoms with Crippen LogP contribution >= 0.6 is 11.5 Å². The van der Waals surface area contributed by atoms with E-state index in [1.165, 1.54) is 13.2 Å². The number of ether oxygens (including phenoxy) is 3. The minimum Gasteiger partial charge on any atom is -0.493 e. The van der Waals surface area contributed by atoms with Gasteiger partial charge in [-0.15, -0.1) is 0 Å². The number of benzene rings is 2. The number of aromatic nitrogens is 2. The lowest BCUT2D eigenvalue weighted by Crippen LogP contribution is -2.13. The summed E-state index contributed by atoms with van der Waals surface area (Å²) in [5.41, 5.74) is 2.51. The van der Waals surface area contributed by atoms with Gasteiger partial charge >= 0.3 is 0 Å². The van der Waals surface area contributed by atoms with Crippen molar-refractivity contribution in [2.45, 2.75) is 19.0 Å². The number of nitrogens with zero attached hydrogens (tertiary/aromatic N) is 3. The van der Waals surface area contributed by atoms with Crippen LogP contribution in [0.1, 0.15) is 16.7 Å². The Hall–Kier alpha value is -3.95. The molecular weight excluding hydrogens is 504 g/mol. The fourth-order valence-electron chi connectivity index (χ4n) is 3.05. The number of anilines is 1. The highest BCUT2D eigenvalue weighted by molar-refractivity contribution is 7.90. The van der Waals surface area contributed by atoms with Crippen molar-refractivity contribution in [1.82, 2.24) is 9.36 Å². The highest BCUT2D eigenvalue weighted by atomic mass is 32.2. The van der Waals surface area contributed by atoms with Crippen LogP contribution in [0, 0.1) is 25.2 Å².